The first-order valence-corrected chi connectivity index (χ1v) is 14.8. The monoisotopic (exact) mass is 526 g/mol. The first-order valence-electron chi connectivity index (χ1n) is 13.5. The maximum absolute atomic E-state index is 12.6. The summed E-state index contributed by atoms with van der Waals surface area (Å²) in [6, 6.07) is 0. The third kappa shape index (κ3) is 25.3. The standard InChI is InChI=1S/C26H54O8S/c1-4-5-6-7-8-9-10-11-26(2,3)35(28)25-24-34-23-22-33-21-20-32-19-18-31-17-16-30-15-14-29-13-12-27/h27H,4-25H2,1-3H3. The first-order chi connectivity index (χ1) is 17.0. The average Bonchev–Trinajstić information content (AvgIpc) is 2.84. The minimum atomic E-state index is -0.879. The maximum Gasteiger partial charge on any atom is 0.0701 e. The van der Waals surface area contributed by atoms with Crippen LogP contribution < -0.4 is 0 Å². The molecule has 0 heterocycles. The molecule has 0 saturated heterocycles. The van der Waals surface area contributed by atoms with Crippen LogP contribution in [0.25, 0.3) is 0 Å². The Balaban J connectivity index is 3.35. The molecule has 0 radical (unpaired) electrons. The van der Waals surface area contributed by atoms with Crippen LogP contribution in [-0.4, -0.2) is 106 Å². The van der Waals surface area contributed by atoms with Crippen molar-refractivity contribution in [3.05, 3.63) is 0 Å². The number of aliphatic hydroxyl groups is 1. The van der Waals surface area contributed by atoms with Gasteiger partial charge in [0, 0.05) is 21.3 Å². The number of hydrogen-bond donors (Lipinski definition) is 1. The van der Waals surface area contributed by atoms with Crippen molar-refractivity contribution in [2.75, 3.05) is 91.6 Å². The second kappa shape index (κ2) is 26.9. The van der Waals surface area contributed by atoms with Gasteiger partial charge in [-0.2, -0.15) is 0 Å². The van der Waals surface area contributed by atoms with Crippen molar-refractivity contribution in [3.8, 4) is 0 Å². The minimum absolute atomic E-state index is 0.0310. The van der Waals surface area contributed by atoms with Gasteiger partial charge in [-0.15, -0.1) is 0 Å². The molecule has 0 fully saturated rings. The quantitative estimate of drug-likeness (QED) is 0.147. The Hall–Kier alpha value is -0.130. The van der Waals surface area contributed by atoms with Gasteiger partial charge in [-0.3, -0.25) is 4.21 Å². The molecule has 0 aliphatic rings. The molecule has 1 N–H and O–H groups in total. The topological polar surface area (TPSA) is 92.7 Å². The van der Waals surface area contributed by atoms with Crippen LogP contribution in [0.15, 0.2) is 0 Å². The lowest BCUT2D eigenvalue weighted by molar-refractivity contribution is -0.0176. The Labute approximate surface area is 217 Å². The van der Waals surface area contributed by atoms with Gasteiger partial charge < -0.3 is 33.5 Å². The molecule has 212 valence electrons. The smallest absolute Gasteiger partial charge is 0.0701 e. The van der Waals surface area contributed by atoms with E-state index < -0.39 is 10.8 Å². The Bertz CT molecular complexity index is 451. The van der Waals surface area contributed by atoms with E-state index in [-0.39, 0.29) is 11.4 Å². The molecule has 0 saturated carbocycles. The molecule has 0 aromatic heterocycles. The highest BCUT2D eigenvalue weighted by molar-refractivity contribution is 7.86. The second-order valence-corrected chi connectivity index (χ2v) is 11.3. The second-order valence-electron chi connectivity index (χ2n) is 9.08. The van der Waals surface area contributed by atoms with Gasteiger partial charge in [0.2, 0.25) is 0 Å². The van der Waals surface area contributed by atoms with Crippen molar-refractivity contribution in [2.24, 2.45) is 0 Å². The average molecular weight is 527 g/mol. The molecule has 35 heavy (non-hydrogen) atoms. The molecule has 9 heteroatoms. The predicted octanol–water partition coefficient (Wildman–Crippen LogP) is 3.75. The van der Waals surface area contributed by atoms with Crippen molar-refractivity contribution in [3.63, 3.8) is 0 Å². The van der Waals surface area contributed by atoms with Gasteiger partial charge >= 0.3 is 0 Å². The van der Waals surface area contributed by atoms with Crippen LogP contribution in [0, 0.1) is 0 Å². The summed E-state index contributed by atoms with van der Waals surface area (Å²) >= 11 is 0. The van der Waals surface area contributed by atoms with Gasteiger partial charge in [-0.25, -0.2) is 0 Å². The summed E-state index contributed by atoms with van der Waals surface area (Å²) in [7, 11) is -0.879. The van der Waals surface area contributed by atoms with Gasteiger partial charge in [0.25, 0.3) is 0 Å². The molecule has 0 aromatic carbocycles. The van der Waals surface area contributed by atoms with Crippen molar-refractivity contribution in [2.45, 2.75) is 76.9 Å². The zero-order chi connectivity index (χ0) is 25.9. The molecule has 0 aromatic rings. The Morgan fingerprint density at radius 1 is 0.571 bits per heavy atom. The largest absolute Gasteiger partial charge is 0.394 e. The van der Waals surface area contributed by atoms with E-state index in [4.69, 9.17) is 33.5 Å². The first kappa shape index (κ1) is 34.9. The molecular formula is C26H54O8S. The zero-order valence-electron chi connectivity index (χ0n) is 22.8. The number of unbranched alkanes of at least 4 members (excludes halogenated alkanes) is 6. The number of aliphatic hydroxyl groups excluding tert-OH is 1. The Kier molecular flexibility index (Phi) is 26.8. The normalized spacial score (nSPS) is 12.9. The van der Waals surface area contributed by atoms with Gasteiger partial charge in [0.15, 0.2) is 0 Å². The molecular weight excluding hydrogens is 472 g/mol. The number of ether oxygens (including phenoxy) is 6. The van der Waals surface area contributed by atoms with E-state index in [0.29, 0.717) is 85.0 Å². The van der Waals surface area contributed by atoms with Crippen LogP contribution in [0.3, 0.4) is 0 Å². The summed E-state index contributed by atoms with van der Waals surface area (Å²) in [4.78, 5) is 0. The summed E-state index contributed by atoms with van der Waals surface area (Å²) in [6.07, 6.45) is 10.0. The van der Waals surface area contributed by atoms with E-state index in [9.17, 15) is 4.21 Å². The van der Waals surface area contributed by atoms with Crippen molar-refractivity contribution >= 4 is 10.8 Å². The van der Waals surface area contributed by atoms with Gasteiger partial charge in [-0.05, 0) is 20.3 Å². The van der Waals surface area contributed by atoms with Crippen LogP contribution in [0.5, 0.6) is 0 Å². The SMILES string of the molecule is CCCCCCCCCC(C)(C)S(=O)CCOCCOCCOCCOCCOCCOCCO. The molecule has 0 aliphatic carbocycles. The summed E-state index contributed by atoms with van der Waals surface area (Å²) in [6.45, 7) is 12.4. The van der Waals surface area contributed by atoms with Crippen LogP contribution in [0.2, 0.25) is 0 Å². The van der Waals surface area contributed by atoms with Gasteiger partial charge in [-0.1, -0.05) is 51.9 Å². The fourth-order valence-corrected chi connectivity index (χ4v) is 4.49. The lowest BCUT2D eigenvalue weighted by atomic mass is 10.0. The van der Waals surface area contributed by atoms with Crippen LogP contribution in [0.1, 0.15) is 72.1 Å². The predicted molar refractivity (Wildman–Crippen MR) is 142 cm³/mol. The van der Waals surface area contributed by atoms with Crippen LogP contribution in [-0.2, 0) is 39.2 Å². The molecule has 1 atom stereocenters. The lowest BCUT2D eigenvalue weighted by Gasteiger charge is -2.24. The lowest BCUT2D eigenvalue weighted by Crippen LogP contribution is -2.30. The Morgan fingerprint density at radius 3 is 1.37 bits per heavy atom. The summed E-state index contributed by atoms with van der Waals surface area (Å²) in [5.41, 5.74) is 0. The molecule has 0 rings (SSSR count). The molecule has 8 nitrogen and oxygen atoms in total. The van der Waals surface area contributed by atoms with E-state index >= 15 is 0 Å². The molecule has 1 unspecified atom stereocenters. The summed E-state index contributed by atoms with van der Waals surface area (Å²) in [5.74, 6) is 0.579. The fraction of sp³-hybridized carbons (Fsp3) is 1.00. The van der Waals surface area contributed by atoms with E-state index in [1.807, 2.05) is 0 Å². The van der Waals surface area contributed by atoms with E-state index in [2.05, 4.69) is 20.8 Å². The van der Waals surface area contributed by atoms with Gasteiger partial charge in [0.05, 0.1) is 85.9 Å². The number of rotatable bonds is 29. The fourth-order valence-electron chi connectivity index (χ4n) is 3.30. The third-order valence-electron chi connectivity index (χ3n) is 5.51. The highest BCUT2D eigenvalue weighted by Crippen LogP contribution is 2.22. The molecule has 0 spiro atoms. The minimum Gasteiger partial charge on any atom is -0.394 e. The van der Waals surface area contributed by atoms with Gasteiger partial charge in [0.1, 0.15) is 0 Å². The van der Waals surface area contributed by atoms with E-state index in [1.165, 1.54) is 38.5 Å². The summed E-state index contributed by atoms with van der Waals surface area (Å²) in [5, 5.41) is 8.57. The molecule has 0 bridgehead atoms. The third-order valence-corrected chi connectivity index (χ3v) is 7.48. The zero-order valence-corrected chi connectivity index (χ0v) is 23.6. The van der Waals surface area contributed by atoms with E-state index in [0.717, 1.165) is 12.8 Å². The maximum atomic E-state index is 12.6. The summed E-state index contributed by atoms with van der Waals surface area (Å²) < 4.78 is 44.8. The molecule has 0 amide bonds. The highest BCUT2D eigenvalue weighted by atomic mass is 32.2. The van der Waals surface area contributed by atoms with Crippen molar-refractivity contribution < 1.29 is 37.7 Å². The van der Waals surface area contributed by atoms with Crippen LogP contribution >= 0.6 is 0 Å². The Morgan fingerprint density at radius 2 is 0.943 bits per heavy atom. The van der Waals surface area contributed by atoms with E-state index in [1.54, 1.807) is 0 Å². The van der Waals surface area contributed by atoms with Crippen molar-refractivity contribution in [1.82, 2.24) is 0 Å². The highest BCUT2D eigenvalue weighted by Gasteiger charge is 2.24. The van der Waals surface area contributed by atoms with Crippen LogP contribution in [0.4, 0.5) is 0 Å². The number of hydrogen-bond acceptors (Lipinski definition) is 8. The van der Waals surface area contributed by atoms with Crippen molar-refractivity contribution in [1.29, 1.82) is 0 Å². The molecule has 0 aliphatic heterocycles.